The maximum atomic E-state index is 6.13. The van der Waals surface area contributed by atoms with Gasteiger partial charge in [-0.2, -0.15) is 0 Å². The highest BCUT2D eigenvalue weighted by molar-refractivity contribution is 6.35. The van der Waals surface area contributed by atoms with Gasteiger partial charge in [-0.1, -0.05) is 23.2 Å². The highest BCUT2D eigenvalue weighted by Crippen LogP contribution is 2.30. The van der Waals surface area contributed by atoms with E-state index in [1.807, 2.05) is 13.8 Å². The summed E-state index contributed by atoms with van der Waals surface area (Å²) in [4.78, 5) is 8.05. The monoisotopic (exact) mass is 301 g/mol. The fraction of sp³-hybridized carbons (Fsp3) is 0.167. The molecule has 0 atom stereocenters. The van der Waals surface area contributed by atoms with Gasteiger partial charge in [-0.15, -0.1) is 0 Å². The Morgan fingerprint density at radius 3 is 2.33 bits per heavy atom. The second-order valence-electron chi connectivity index (χ2n) is 3.87. The second-order valence-corrected chi connectivity index (χ2v) is 5.02. The number of hydrogen-bond acceptors (Lipinski definition) is 3. The third-order valence-corrected chi connectivity index (χ3v) is 3.23. The van der Waals surface area contributed by atoms with E-state index in [0.29, 0.717) is 21.6 Å². The number of hydrogen-bond donors (Lipinski definition) is 1. The molecule has 0 spiro atoms. The Morgan fingerprint density at radius 1 is 0.944 bits per heavy atom. The Bertz CT molecular complexity index is 579. The Kier molecular flexibility index (Phi) is 3.95. The van der Waals surface area contributed by atoms with Crippen LogP contribution in [0.2, 0.25) is 15.3 Å². The van der Waals surface area contributed by atoms with Crippen LogP contribution in [-0.2, 0) is 0 Å². The van der Waals surface area contributed by atoms with Crippen LogP contribution in [-0.4, -0.2) is 9.97 Å². The molecule has 0 aliphatic carbocycles. The third-order valence-electron chi connectivity index (χ3n) is 2.34. The lowest BCUT2D eigenvalue weighted by molar-refractivity contribution is 1.10. The van der Waals surface area contributed by atoms with Gasteiger partial charge in [0.2, 0.25) is 5.28 Å². The maximum Gasteiger partial charge on any atom is 0.224 e. The van der Waals surface area contributed by atoms with Gasteiger partial charge in [-0.3, -0.25) is 0 Å². The summed E-state index contributed by atoms with van der Waals surface area (Å²) in [6, 6.07) is 5.32. The lowest BCUT2D eigenvalue weighted by Gasteiger charge is -2.10. The summed E-state index contributed by atoms with van der Waals surface area (Å²) in [5.74, 6) is 0.578. The van der Waals surface area contributed by atoms with Crippen LogP contribution in [0.3, 0.4) is 0 Å². The molecule has 1 N–H and O–H groups in total. The predicted molar refractivity (Wildman–Crippen MR) is 76.3 cm³/mol. The van der Waals surface area contributed by atoms with Gasteiger partial charge in [-0.05, 0) is 43.1 Å². The molecule has 94 valence electrons. The number of rotatable bonds is 2. The SMILES string of the molecule is Cc1cc(Nc2cc(Cl)c(C)cc2Cl)nc(Cl)n1. The van der Waals surface area contributed by atoms with Gasteiger partial charge in [-0.25, -0.2) is 9.97 Å². The molecule has 0 bridgehead atoms. The molecule has 1 aromatic carbocycles. The Labute approximate surface area is 120 Å². The van der Waals surface area contributed by atoms with Crippen LogP contribution >= 0.6 is 34.8 Å². The van der Waals surface area contributed by atoms with Crippen molar-refractivity contribution >= 4 is 46.3 Å². The Morgan fingerprint density at radius 2 is 1.67 bits per heavy atom. The topological polar surface area (TPSA) is 37.8 Å². The van der Waals surface area contributed by atoms with Crippen molar-refractivity contribution in [2.24, 2.45) is 0 Å². The molecule has 0 saturated carbocycles. The number of aryl methyl sites for hydroxylation is 2. The van der Waals surface area contributed by atoms with E-state index >= 15 is 0 Å². The standard InChI is InChI=1S/C12H10Cl3N3/c1-6-3-9(14)10(5-8(6)13)17-11-4-7(2)16-12(15)18-11/h3-5H,1-2H3,(H,16,17,18). The van der Waals surface area contributed by atoms with Gasteiger partial charge in [0.25, 0.3) is 0 Å². The molecule has 0 saturated heterocycles. The van der Waals surface area contributed by atoms with Crippen LogP contribution < -0.4 is 5.32 Å². The Balaban J connectivity index is 2.36. The van der Waals surface area contributed by atoms with Crippen LogP contribution in [0, 0.1) is 13.8 Å². The van der Waals surface area contributed by atoms with Crippen LogP contribution in [0.5, 0.6) is 0 Å². The summed E-state index contributed by atoms with van der Waals surface area (Å²) in [6.07, 6.45) is 0. The molecular formula is C12H10Cl3N3. The van der Waals surface area contributed by atoms with Crippen LogP contribution in [0.15, 0.2) is 18.2 Å². The first-order valence-electron chi connectivity index (χ1n) is 5.19. The van der Waals surface area contributed by atoms with Gasteiger partial charge in [0.05, 0.1) is 10.7 Å². The average molecular weight is 303 g/mol. The zero-order valence-corrected chi connectivity index (χ0v) is 12.0. The number of aromatic nitrogens is 2. The summed E-state index contributed by atoms with van der Waals surface area (Å²) in [5.41, 5.74) is 2.37. The van der Waals surface area contributed by atoms with Gasteiger partial charge in [0, 0.05) is 16.8 Å². The quantitative estimate of drug-likeness (QED) is 0.810. The zero-order valence-electron chi connectivity index (χ0n) is 9.76. The second kappa shape index (κ2) is 5.31. The van der Waals surface area contributed by atoms with E-state index in [-0.39, 0.29) is 5.28 Å². The third kappa shape index (κ3) is 3.05. The van der Waals surface area contributed by atoms with E-state index in [4.69, 9.17) is 34.8 Å². The number of halogens is 3. The van der Waals surface area contributed by atoms with E-state index in [2.05, 4.69) is 15.3 Å². The molecule has 0 unspecified atom stereocenters. The summed E-state index contributed by atoms with van der Waals surface area (Å²) in [7, 11) is 0. The van der Waals surface area contributed by atoms with Crippen molar-refractivity contribution in [3.8, 4) is 0 Å². The number of nitrogens with zero attached hydrogens (tertiary/aromatic N) is 2. The van der Waals surface area contributed by atoms with Crippen LogP contribution in [0.25, 0.3) is 0 Å². The molecule has 1 heterocycles. The molecule has 0 radical (unpaired) electrons. The molecule has 0 aliphatic heterocycles. The normalized spacial score (nSPS) is 10.5. The van der Waals surface area contributed by atoms with Crippen molar-refractivity contribution in [3.05, 3.63) is 44.8 Å². The van der Waals surface area contributed by atoms with Crippen LogP contribution in [0.1, 0.15) is 11.3 Å². The first-order chi connectivity index (χ1) is 8.45. The molecular weight excluding hydrogens is 293 g/mol. The summed E-state index contributed by atoms with van der Waals surface area (Å²) >= 11 is 18.0. The zero-order chi connectivity index (χ0) is 13.3. The minimum absolute atomic E-state index is 0.187. The first kappa shape index (κ1) is 13.4. The van der Waals surface area contributed by atoms with E-state index in [0.717, 1.165) is 11.3 Å². The molecule has 1 aromatic heterocycles. The van der Waals surface area contributed by atoms with Crippen molar-refractivity contribution in [3.63, 3.8) is 0 Å². The minimum Gasteiger partial charge on any atom is -0.339 e. The lowest BCUT2D eigenvalue weighted by atomic mass is 10.2. The first-order valence-corrected chi connectivity index (χ1v) is 6.33. The van der Waals surface area contributed by atoms with Crippen molar-refractivity contribution in [2.75, 3.05) is 5.32 Å². The van der Waals surface area contributed by atoms with E-state index in [9.17, 15) is 0 Å². The summed E-state index contributed by atoms with van der Waals surface area (Å²) in [5, 5.41) is 4.47. The predicted octanol–water partition coefficient (Wildman–Crippen LogP) is 4.80. The molecule has 2 aromatic rings. The molecule has 18 heavy (non-hydrogen) atoms. The molecule has 0 aliphatic rings. The van der Waals surface area contributed by atoms with Gasteiger partial charge in [0.15, 0.2) is 0 Å². The summed E-state index contributed by atoms with van der Waals surface area (Å²) in [6.45, 7) is 3.73. The van der Waals surface area contributed by atoms with Crippen LogP contribution in [0.4, 0.5) is 11.5 Å². The molecule has 3 nitrogen and oxygen atoms in total. The summed E-state index contributed by atoms with van der Waals surface area (Å²) < 4.78 is 0. The van der Waals surface area contributed by atoms with E-state index in [1.165, 1.54) is 0 Å². The largest absolute Gasteiger partial charge is 0.339 e. The van der Waals surface area contributed by atoms with Crippen molar-refractivity contribution in [1.82, 2.24) is 9.97 Å². The molecule has 6 heteroatoms. The maximum absolute atomic E-state index is 6.13. The number of benzene rings is 1. The number of nitrogens with one attached hydrogen (secondary N) is 1. The fourth-order valence-corrected chi connectivity index (χ4v) is 2.13. The van der Waals surface area contributed by atoms with E-state index in [1.54, 1.807) is 18.2 Å². The smallest absolute Gasteiger partial charge is 0.224 e. The molecule has 0 fully saturated rings. The molecule has 0 amide bonds. The van der Waals surface area contributed by atoms with Gasteiger partial charge < -0.3 is 5.32 Å². The van der Waals surface area contributed by atoms with Gasteiger partial charge >= 0.3 is 0 Å². The van der Waals surface area contributed by atoms with Crippen molar-refractivity contribution < 1.29 is 0 Å². The lowest BCUT2D eigenvalue weighted by Crippen LogP contribution is -1.97. The fourth-order valence-electron chi connectivity index (χ4n) is 1.48. The highest BCUT2D eigenvalue weighted by Gasteiger charge is 2.07. The Hall–Kier alpha value is -1.03. The van der Waals surface area contributed by atoms with Crippen molar-refractivity contribution in [1.29, 1.82) is 0 Å². The van der Waals surface area contributed by atoms with E-state index < -0.39 is 0 Å². The average Bonchev–Trinajstić information content (AvgIpc) is 2.24. The number of anilines is 2. The highest BCUT2D eigenvalue weighted by atomic mass is 35.5. The van der Waals surface area contributed by atoms with Crippen molar-refractivity contribution in [2.45, 2.75) is 13.8 Å². The van der Waals surface area contributed by atoms with Gasteiger partial charge in [0.1, 0.15) is 5.82 Å². The minimum atomic E-state index is 0.187. The molecule has 2 rings (SSSR count).